The highest BCUT2D eigenvalue weighted by Crippen LogP contribution is 2.26. The van der Waals surface area contributed by atoms with Crippen molar-refractivity contribution < 1.29 is 9.47 Å². The summed E-state index contributed by atoms with van der Waals surface area (Å²) in [7, 11) is 0. The molecule has 0 spiro atoms. The SMILES string of the molecule is ClCOc1ccccc1OCCl. The van der Waals surface area contributed by atoms with Crippen molar-refractivity contribution in [3.63, 3.8) is 0 Å². The molecule has 1 rings (SSSR count). The van der Waals surface area contributed by atoms with Crippen molar-refractivity contribution in [2.75, 3.05) is 12.1 Å². The van der Waals surface area contributed by atoms with Crippen LogP contribution in [-0.2, 0) is 0 Å². The molecule has 66 valence electrons. The van der Waals surface area contributed by atoms with Crippen LogP contribution in [0.15, 0.2) is 24.3 Å². The van der Waals surface area contributed by atoms with Gasteiger partial charge in [-0.3, -0.25) is 0 Å². The fourth-order valence-electron chi connectivity index (χ4n) is 0.806. The van der Waals surface area contributed by atoms with Crippen LogP contribution in [0.25, 0.3) is 0 Å². The predicted octanol–water partition coefficient (Wildman–Crippen LogP) is 2.84. The topological polar surface area (TPSA) is 18.5 Å². The second-order valence-electron chi connectivity index (χ2n) is 1.95. The maximum atomic E-state index is 5.40. The maximum absolute atomic E-state index is 5.40. The van der Waals surface area contributed by atoms with Gasteiger partial charge in [-0.05, 0) is 12.1 Å². The van der Waals surface area contributed by atoms with Crippen LogP contribution < -0.4 is 9.47 Å². The predicted molar refractivity (Wildman–Crippen MR) is 49.1 cm³/mol. The number of halogens is 2. The van der Waals surface area contributed by atoms with Crippen LogP contribution in [0.5, 0.6) is 11.5 Å². The molecule has 0 N–H and O–H groups in total. The molecule has 0 unspecified atom stereocenters. The van der Waals surface area contributed by atoms with Crippen molar-refractivity contribution >= 4 is 23.2 Å². The lowest BCUT2D eigenvalue weighted by Gasteiger charge is -2.07. The van der Waals surface area contributed by atoms with E-state index >= 15 is 0 Å². The van der Waals surface area contributed by atoms with Gasteiger partial charge in [0.05, 0.1) is 0 Å². The van der Waals surface area contributed by atoms with E-state index in [4.69, 9.17) is 32.7 Å². The van der Waals surface area contributed by atoms with E-state index in [2.05, 4.69) is 0 Å². The van der Waals surface area contributed by atoms with E-state index in [1.54, 1.807) is 12.1 Å². The monoisotopic (exact) mass is 206 g/mol. The van der Waals surface area contributed by atoms with Gasteiger partial charge in [0.15, 0.2) is 23.6 Å². The quantitative estimate of drug-likeness (QED) is 0.706. The van der Waals surface area contributed by atoms with E-state index in [-0.39, 0.29) is 12.1 Å². The summed E-state index contributed by atoms with van der Waals surface area (Å²) in [6.45, 7) is 0. The smallest absolute Gasteiger partial charge is 0.163 e. The first kappa shape index (κ1) is 9.49. The highest BCUT2D eigenvalue weighted by atomic mass is 35.5. The molecule has 0 aliphatic carbocycles. The second-order valence-corrected chi connectivity index (χ2v) is 2.39. The van der Waals surface area contributed by atoms with Crippen molar-refractivity contribution in [1.82, 2.24) is 0 Å². The zero-order valence-corrected chi connectivity index (χ0v) is 7.81. The molecule has 0 heterocycles. The molecule has 0 radical (unpaired) electrons. The molecule has 0 bridgehead atoms. The molecule has 2 nitrogen and oxygen atoms in total. The largest absolute Gasteiger partial charge is 0.474 e. The molecule has 0 aliphatic heterocycles. The summed E-state index contributed by atoms with van der Waals surface area (Å²) in [5, 5.41) is 0. The number of benzene rings is 1. The van der Waals surface area contributed by atoms with Crippen LogP contribution in [0.2, 0.25) is 0 Å². The van der Waals surface area contributed by atoms with E-state index in [1.165, 1.54) is 0 Å². The molecule has 1 aromatic rings. The van der Waals surface area contributed by atoms with Gasteiger partial charge in [-0.15, -0.1) is 0 Å². The van der Waals surface area contributed by atoms with Gasteiger partial charge >= 0.3 is 0 Å². The molecule has 0 saturated heterocycles. The van der Waals surface area contributed by atoms with Crippen molar-refractivity contribution in [1.29, 1.82) is 0 Å². The molecule has 12 heavy (non-hydrogen) atoms. The zero-order chi connectivity index (χ0) is 8.81. The van der Waals surface area contributed by atoms with Crippen LogP contribution >= 0.6 is 23.2 Å². The van der Waals surface area contributed by atoms with Gasteiger partial charge in [-0.2, -0.15) is 0 Å². The summed E-state index contributed by atoms with van der Waals surface area (Å²) in [5.74, 6) is 1.21. The Labute approximate surface area is 81.0 Å². The molecule has 0 atom stereocenters. The van der Waals surface area contributed by atoms with E-state index in [0.717, 1.165) is 0 Å². The molecular weight excluding hydrogens is 199 g/mol. The molecule has 0 saturated carbocycles. The maximum Gasteiger partial charge on any atom is 0.163 e. The summed E-state index contributed by atoms with van der Waals surface area (Å²) in [5.41, 5.74) is 0. The van der Waals surface area contributed by atoms with Gasteiger partial charge in [-0.1, -0.05) is 35.3 Å². The van der Waals surface area contributed by atoms with Crippen LogP contribution in [0.1, 0.15) is 0 Å². The highest BCUT2D eigenvalue weighted by molar-refractivity contribution is 6.17. The Morgan fingerprint density at radius 3 is 1.67 bits per heavy atom. The number of hydrogen-bond acceptors (Lipinski definition) is 2. The van der Waals surface area contributed by atoms with Crippen molar-refractivity contribution in [3.8, 4) is 11.5 Å². The van der Waals surface area contributed by atoms with E-state index in [1.807, 2.05) is 12.1 Å². The van der Waals surface area contributed by atoms with Crippen molar-refractivity contribution in [2.45, 2.75) is 0 Å². The first-order valence-electron chi connectivity index (χ1n) is 3.35. The van der Waals surface area contributed by atoms with Gasteiger partial charge in [0.2, 0.25) is 0 Å². The van der Waals surface area contributed by atoms with Crippen molar-refractivity contribution in [3.05, 3.63) is 24.3 Å². The summed E-state index contributed by atoms with van der Waals surface area (Å²) in [6, 6.07) is 7.41. The fraction of sp³-hybridized carbons (Fsp3) is 0.250. The third-order valence-electron chi connectivity index (χ3n) is 1.27. The minimum Gasteiger partial charge on any atom is -0.474 e. The first-order valence-corrected chi connectivity index (χ1v) is 4.42. The average molecular weight is 207 g/mol. The Kier molecular flexibility index (Phi) is 4.05. The van der Waals surface area contributed by atoms with Crippen LogP contribution in [-0.4, -0.2) is 12.1 Å². The zero-order valence-electron chi connectivity index (χ0n) is 6.30. The van der Waals surface area contributed by atoms with Crippen LogP contribution in [0, 0.1) is 0 Å². The Morgan fingerprint density at radius 2 is 1.33 bits per heavy atom. The number of para-hydroxylation sites is 2. The van der Waals surface area contributed by atoms with Crippen molar-refractivity contribution in [2.24, 2.45) is 0 Å². The van der Waals surface area contributed by atoms with Gasteiger partial charge in [0.25, 0.3) is 0 Å². The highest BCUT2D eigenvalue weighted by Gasteiger charge is 2.01. The molecule has 0 fully saturated rings. The Balaban J connectivity index is 2.77. The minimum atomic E-state index is 0.0999. The third-order valence-corrected chi connectivity index (χ3v) is 1.49. The molecule has 0 aromatic heterocycles. The minimum absolute atomic E-state index is 0.0999. The average Bonchev–Trinajstić information content (AvgIpc) is 2.09. The lowest BCUT2D eigenvalue weighted by atomic mass is 10.3. The Hall–Kier alpha value is -0.600. The lowest BCUT2D eigenvalue weighted by molar-refractivity contribution is 0.330. The number of rotatable bonds is 4. The second kappa shape index (κ2) is 5.12. The van der Waals surface area contributed by atoms with Gasteiger partial charge in [0.1, 0.15) is 0 Å². The third kappa shape index (κ3) is 2.47. The summed E-state index contributed by atoms with van der Waals surface area (Å²) in [6.07, 6.45) is 0. The van der Waals surface area contributed by atoms with E-state index in [9.17, 15) is 0 Å². The first-order chi connectivity index (χ1) is 5.88. The number of hydrogen-bond donors (Lipinski definition) is 0. The fourth-order valence-corrected chi connectivity index (χ4v) is 1.04. The van der Waals surface area contributed by atoms with E-state index < -0.39 is 0 Å². The Morgan fingerprint density at radius 1 is 0.917 bits per heavy atom. The lowest BCUT2D eigenvalue weighted by Crippen LogP contribution is -1.95. The van der Waals surface area contributed by atoms with Gasteiger partial charge in [-0.25, -0.2) is 0 Å². The molecule has 0 aliphatic rings. The molecule has 1 aromatic carbocycles. The number of ether oxygens (including phenoxy) is 2. The summed E-state index contributed by atoms with van der Waals surface area (Å²) >= 11 is 10.8. The molecule has 4 heteroatoms. The standard InChI is InChI=1S/C8H8Cl2O2/c9-5-11-7-3-1-2-4-8(7)12-6-10/h1-4H,5-6H2. The normalized spacial score (nSPS) is 9.50. The van der Waals surface area contributed by atoms with E-state index in [0.29, 0.717) is 11.5 Å². The van der Waals surface area contributed by atoms with Crippen LogP contribution in [0.3, 0.4) is 0 Å². The van der Waals surface area contributed by atoms with Gasteiger partial charge in [0, 0.05) is 0 Å². The summed E-state index contributed by atoms with van der Waals surface area (Å²) < 4.78 is 10.1. The van der Waals surface area contributed by atoms with Gasteiger partial charge < -0.3 is 9.47 Å². The van der Waals surface area contributed by atoms with Crippen LogP contribution in [0.4, 0.5) is 0 Å². The number of alkyl halides is 2. The molecular formula is C8H8Cl2O2. The summed E-state index contributed by atoms with van der Waals surface area (Å²) in [4.78, 5) is 0. The Bertz CT molecular complexity index is 215. The molecule has 0 amide bonds.